The highest BCUT2D eigenvalue weighted by molar-refractivity contribution is 5.69. The number of rotatable bonds is 9. The molecule has 6 rings (SSSR count). The lowest BCUT2D eigenvalue weighted by Crippen LogP contribution is -2.59. The van der Waals surface area contributed by atoms with Crippen molar-refractivity contribution in [2.45, 2.75) is 109 Å². The van der Waals surface area contributed by atoms with Gasteiger partial charge in [-0.25, -0.2) is 0 Å². The molecule has 0 spiro atoms. The van der Waals surface area contributed by atoms with E-state index in [4.69, 9.17) is 20.9 Å². The topological polar surface area (TPSA) is 96.8 Å². The lowest BCUT2D eigenvalue weighted by molar-refractivity contribution is -0.376. The zero-order valence-corrected chi connectivity index (χ0v) is 28.5. The minimum atomic E-state index is -5.94. The predicted octanol–water partition coefficient (Wildman–Crippen LogP) is 9.43. The molecule has 0 aliphatic heterocycles. The zero-order chi connectivity index (χ0) is 35.4. The van der Waals surface area contributed by atoms with Gasteiger partial charge >= 0.3 is 18.3 Å². The number of nitrogen functional groups attached to an aromatic ring is 2. The molecule has 4 aliphatic carbocycles. The largest absolute Gasteiger partial charge is 0.501 e. The monoisotopic (exact) mass is 692 g/mol. The molecule has 4 N–H and O–H groups in total. The molecule has 0 saturated heterocycles. The summed E-state index contributed by atoms with van der Waals surface area (Å²) in [7, 11) is 0. The second-order valence-electron chi connectivity index (χ2n) is 15.8. The van der Waals surface area contributed by atoms with Gasteiger partial charge < -0.3 is 25.7 Å². The molecule has 4 saturated carbocycles. The number of benzene rings is 2. The van der Waals surface area contributed by atoms with Crippen molar-refractivity contribution in [3.05, 3.63) is 48.5 Å². The Morgan fingerprint density at radius 1 is 0.796 bits per heavy atom. The summed E-state index contributed by atoms with van der Waals surface area (Å²) >= 11 is 0. The Bertz CT molecular complexity index is 1470. The number of halogens is 5. The molecule has 4 aliphatic rings. The summed E-state index contributed by atoms with van der Waals surface area (Å²) in [4.78, 5) is 12.1. The number of carbonyl (C=O) groups is 1. The van der Waals surface area contributed by atoms with Crippen LogP contribution in [0.3, 0.4) is 0 Å². The van der Waals surface area contributed by atoms with Crippen LogP contribution >= 0.6 is 0 Å². The Hall–Kier alpha value is -3.24. The molecule has 3 unspecified atom stereocenters. The number of esters is 1. The Labute approximate surface area is 285 Å². The van der Waals surface area contributed by atoms with Crippen LogP contribution in [-0.2, 0) is 9.53 Å². The molecule has 0 bridgehead atoms. The van der Waals surface area contributed by atoms with E-state index in [1.54, 1.807) is 0 Å². The summed E-state index contributed by atoms with van der Waals surface area (Å²) in [6.45, 7) is 6.78. The fourth-order valence-electron chi connectivity index (χ4n) is 10.7. The van der Waals surface area contributed by atoms with Crippen LogP contribution in [0.4, 0.5) is 33.3 Å². The van der Waals surface area contributed by atoms with E-state index >= 15 is 0 Å². The molecular weight excluding hydrogens is 643 g/mol. The maximum Gasteiger partial charge on any atom is 0.501 e. The van der Waals surface area contributed by atoms with Crippen LogP contribution in [0.15, 0.2) is 48.5 Å². The van der Waals surface area contributed by atoms with E-state index in [9.17, 15) is 26.7 Å². The molecule has 270 valence electrons. The standard InChI is InChI=1S/C38H49F5N2O4/c1-22(4-15-34(46)49-38(42,43)37(39,40)41)29-13-14-30-28-21-33(48-26-11-7-24(45)8-12-26)32-20-27(47-25-9-5-23(44)6-10-25)16-18-36(32,3)31(28)17-19-35(29,30)2/h5-12,22,27-33H,4,13-21,44-45H2,1-3H3/t22-,27?,28+,29-,30+,31+,32?,33?,35-,36-/m1/s1. The Morgan fingerprint density at radius 3 is 1.98 bits per heavy atom. The molecule has 2 aromatic rings. The van der Waals surface area contributed by atoms with Gasteiger partial charge in [0.15, 0.2) is 0 Å². The van der Waals surface area contributed by atoms with Crippen molar-refractivity contribution in [1.29, 1.82) is 0 Å². The number of carbonyl (C=O) groups excluding carboxylic acids is 1. The number of ether oxygens (including phenoxy) is 3. The highest BCUT2D eigenvalue weighted by Crippen LogP contribution is 2.68. The molecule has 6 nitrogen and oxygen atoms in total. The minimum Gasteiger partial charge on any atom is -0.490 e. The SMILES string of the molecule is C[C@H](CCC(=O)OC(F)(F)C(F)(F)F)[C@H]1CC[C@H]2[C@@H]3CC(Oc4ccc(N)cc4)C4CC(Oc5ccc(N)cc5)CC[C@]4(C)[C@H]3CC[C@]12C. The van der Waals surface area contributed by atoms with E-state index in [-0.39, 0.29) is 47.2 Å². The van der Waals surface area contributed by atoms with Crippen molar-refractivity contribution in [2.75, 3.05) is 11.5 Å². The average Bonchev–Trinajstić information content (AvgIpc) is 3.39. The van der Waals surface area contributed by atoms with Gasteiger partial charge in [-0.2, -0.15) is 22.0 Å². The average molecular weight is 693 g/mol. The van der Waals surface area contributed by atoms with Crippen LogP contribution in [0.1, 0.15) is 85.0 Å². The Kier molecular flexibility index (Phi) is 9.54. The van der Waals surface area contributed by atoms with Gasteiger partial charge in [-0.15, -0.1) is 0 Å². The quantitative estimate of drug-likeness (QED) is 0.154. The van der Waals surface area contributed by atoms with Gasteiger partial charge in [0.05, 0.1) is 6.10 Å². The van der Waals surface area contributed by atoms with E-state index in [0.29, 0.717) is 29.1 Å². The normalized spacial score (nSPS) is 35.0. The summed E-state index contributed by atoms with van der Waals surface area (Å²) in [6, 6.07) is 15.1. The van der Waals surface area contributed by atoms with E-state index in [1.807, 2.05) is 55.5 Å². The number of fused-ring (bicyclic) bond motifs is 5. The van der Waals surface area contributed by atoms with Gasteiger partial charge in [0, 0.05) is 23.7 Å². The van der Waals surface area contributed by atoms with Crippen LogP contribution in [0, 0.1) is 46.3 Å². The van der Waals surface area contributed by atoms with E-state index in [2.05, 4.69) is 18.6 Å². The van der Waals surface area contributed by atoms with Crippen molar-refractivity contribution < 1.29 is 41.0 Å². The lowest BCUT2D eigenvalue weighted by Gasteiger charge is -2.63. The third-order valence-corrected chi connectivity index (χ3v) is 13.1. The number of hydrogen-bond donors (Lipinski definition) is 2. The Morgan fingerprint density at radius 2 is 1.37 bits per heavy atom. The second-order valence-corrected chi connectivity index (χ2v) is 15.8. The summed E-state index contributed by atoms with van der Waals surface area (Å²) in [5.74, 6) is 1.89. The van der Waals surface area contributed by atoms with Crippen LogP contribution < -0.4 is 20.9 Å². The Balaban J connectivity index is 1.19. The van der Waals surface area contributed by atoms with Crippen molar-refractivity contribution in [1.82, 2.24) is 0 Å². The summed E-state index contributed by atoms with van der Waals surface area (Å²) in [5.41, 5.74) is 13.3. The molecule has 0 amide bonds. The third kappa shape index (κ3) is 6.92. The van der Waals surface area contributed by atoms with Gasteiger partial charge in [-0.1, -0.05) is 20.8 Å². The van der Waals surface area contributed by atoms with E-state index in [0.717, 1.165) is 62.9 Å². The second kappa shape index (κ2) is 13.1. The molecule has 4 fully saturated rings. The third-order valence-electron chi connectivity index (χ3n) is 13.1. The maximum absolute atomic E-state index is 13.3. The van der Waals surface area contributed by atoms with Crippen molar-refractivity contribution in [3.8, 4) is 11.5 Å². The lowest BCUT2D eigenvalue weighted by atomic mass is 9.43. The van der Waals surface area contributed by atoms with E-state index in [1.165, 1.54) is 0 Å². The van der Waals surface area contributed by atoms with Crippen molar-refractivity contribution in [2.24, 2.45) is 46.3 Å². The fraction of sp³-hybridized carbons (Fsp3) is 0.658. The van der Waals surface area contributed by atoms with Gasteiger partial charge in [0.1, 0.15) is 17.6 Å². The smallest absolute Gasteiger partial charge is 0.490 e. The first-order valence-electron chi connectivity index (χ1n) is 17.7. The molecule has 0 radical (unpaired) electrons. The summed E-state index contributed by atoms with van der Waals surface area (Å²) < 4.78 is 81.3. The first-order valence-corrected chi connectivity index (χ1v) is 17.7. The zero-order valence-electron chi connectivity index (χ0n) is 28.5. The highest BCUT2D eigenvalue weighted by Gasteiger charge is 2.64. The summed E-state index contributed by atoms with van der Waals surface area (Å²) in [6.07, 6.45) is -3.90. The molecule has 2 aromatic carbocycles. The van der Waals surface area contributed by atoms with Crippen LogP contribution in [0.25, 0.3) is 0 Å². The van der Waals surface area contributed by atoms with Gasteiger partial charge in [0.2, 0.25) is 0 Å². The predicted molar refractivity (Wildman–Crippen MR) is 177 cm³/mol. The molecule has 0 aromatic heterocycles. The summed E-state index contributed by atoms with van der Waals surface area (Å²) in [5, 5.41) is 0. The van der Waals surface area contributed by atoms with Gasteiger partial charge in [-0.05, 0) is 147 Å². The molecule has 10 atom stereocenters. The van der Waals surface area contributed by atoms with Gasteiger partial charge in [0.25, 0.3) is 0 Å². The maximum atomic E-state index is 13.3. The van der Waals surface area contributed by atoms with E-state index < -0.39 is 24.7 Å². The number of hydrogen-bond acceptors (Lipinski definition) is 6. The van der Waals surface area contributed by atoms with Crippen LogP contribution in [0.5, 0.6) is 11.5 Å². The van der Waals surface area contributed by atoms with Crippen LogP contribution in [-0.4, -0.2) is 30.5 Å². The molecule has 49 heavy (non-hydrogen) atoms. The molecule has 11 heteroatoms. The number of nitrogens with two attached hydrogens (primary N) is 2. The first-order chi connectivity index (χ1) is 23.0. The van der Waals surface area contributed by atoms with Crippen molar-refractivity contribution >= 4 is 17.3 Å². The molecular formula is C38H49F5N2O4. The molecule has 0 heterocycles. The van der Waals surface area contributed by atoms with Crippen LogP contribution in [0.2, 0.25) is 0 Å². The number of alkyl halides is 5. The van der Waals surface area contributed by atoms with Gasteiger partial charge in [-0.3, -0.25) is 4.79 Å². The van der Waals surface area contributed by atoms with Crippen molar-refractivity contribution in [3.63, 3.8) is 0 Å². The highest BCUT2D eigenvalue weighted by atomic mass is 19.4. The fourth-order valence-corrected chi connectivity index (χ4v) is 10.7. The number of anilines is 2. The minimum absolute atomic E-state index is 0.0309. The first kappa shape index (κ1) is 35.6.